The van der Waals surface area contributed by atoms with Crippen molar-refractivity contribution in [2.24, 2.45) is 0 Å². The van der Waals surface area contributed by atoms with Gasteiger partial charge in [-0.2, -0.15) is 13.2 Å². The lowest BCUT2D eigenvalue weighted by atomic mass is 10.0. The van der Waals surface area contributed by atoms with E-state index in [1.54, 1.807) is 0 Å². The molecule has 1 aliphatic heterocycles. The molecular formula is C14H15F3N2O2. The number of alkyl halides is 3. The third-order valence-corrected chi connectivity index (χ3v) is 3.33. The average Bonchev–Trinajstić information content (AvgIpc) is 2.85. The quantitative estimate of drug-likeness (QED) is 0.888. The van der Waals surface area contributed by atoms with Crippen LogP contribution >= 0.6 is 0 Å². The molecule has 1 unspecified atom stereocenters. The Labute approximate surface area is 119 Å². The largest absolute Gasteiger partial charge is 0.416 e. The van der Waals surface area contributed by atoms with Gasteiger partial charge in [-0.05, 0) is 24.5 Å². The zero-order valence-electron chi connectivity index (χ0n) is 11.2. The van der Waals surface area contributed by atoms with E-state index in [2.05, 4.69) is 10.6 Å². The highest BCUT2D eigenvalue weighted by Gasteiger charge is 2.32. The molecule has 1 aromatic carbocycles. The molecule has 4 nitrogen and oxygen atoms in total. The van der Waals surface area contributed by atoms with Crippen LogP contribution in [0, 0.1) is 0 Å². The number of benzene rings is 1. The lowest BCUT2D eigenvalue weighted by molar-refractivity contribution is -0.138. The summed E-state index contributed by atoms with van der Waals surface area (Å²) in [5.41, 5.74) is -0.547. The fraction of sp³-hybridized carbons (Fsp3) is 0.429. The van der Waals surface area contributed by atoms with Gasteiger partial charge in [-0.25, -0.2) is 0 Å². The highest BCUT2D eigenvalue weighted by atomic mass is 19.4. The third kappa shape index (κ3) is 3.96. The van der Waals surface area contributed by atoms with E-state index in [0.717, 1.165) is 6.07 Å². The second-order valence-corrected chi connectivity index (χ2v) is 4.85. The molecule has 1 aromatic rings. The van der Waals surface area contributed by atoms with Crippen LogP contribution in [0.15, 0.2) is 24.3 Å². The van der Waals surface area contributed by atoms with E-state index in [4.69, 9.17) is 0 Å². The van der Waals surface area contributed by atoms with Crippen LogP contribution in [-0.4, -0.2) is 24.4 Å². The maximum Gasteiger partial charge on any atom is 0.416 e. The van der Waals surface area contributed by atoms with Crippen molar-refractivity contribution < 1.29 is 22.8 Å². The summed E-state index contributed by atoms with van der Waals surface area (Å²) in [4.78, 5) is 22.7. The zero-order chi connectivity index (χ0) is 15.5. The van der Waals surface area contributed by atoms with Crippen molar-refractivity contribution >= 4 is 11.8 Å². The van der Waals surface area contributed by atoms with E-state index in [9.17, 15) is 22.8 Å². The van der Waals surface area contributed by atoms with Gasteiger partial charge in [0.1, 0.15) is 6.04 Å². The smallest absolute Gasteiger partial charge is 0.354 e. The lowest BCUT2D eigenvalue weighted by Gasteiger charge is -2.14. The number of hydrogen-bond donors (Lipinski definition) is 2. The zero-order valence-corrected chi connectivity index (χ0v) is 11.2. The Balaban J connectivity index is 1.89. The van der Waals surface area contributed by atoms with Gasteiger partial charge in [0.25, 0.3) is 0 Å². The molecule has 114 valence electrons. The number of amides is 2. The van der Waals surface area contributed by atoms with Crippen molar-refractivity contribution in [2.75, 3.05) is 6.54 Å². The van der Waals surface area contributed by atoms with Gasteiger partial charge >= 0.3 is 6.18 Å². The summed E-state index contributed by atoms with van der Waals surface area (Å²) in [6.45, 7) is 0.0955. The van der Waals surface area contributed by atoms with E-state index in [0.29, 0.717) is 12.8 Å². The van der Waals surface area contributed by atoms with Gasteiger partial charge in [0, 0.05) is 13.0 Å². The van der Waals surface area contributed by atoms with Gasteiger partial charge in [-0.15, -0.1) is 0 Å². The molecule has 7 heteroatoms. The molecule has 0 aromatic heterocycles. The van der Waals surface area contributed by atoms with E-state index in [1.165, 1.54) is 18.2 Å². The first kappa shape index (κ1) is 15.3. The molecule has 1 aliphatic rings. The molecule has 0 spiro atoms. The monoisotopic (exact) mass is 300 g/mol. The first-order chi connectivity index (χ1) is 9.88. The maximum absolute atomic E-state index is 12.8. The van der Waals surface area contributed by atoms with Crippen LogP contribution in [0.25, 0.3) is 0 Å². The SMILES string of the molecule is O=C1CCC(C(=O)NCCc2ccccc2C(F)(F)F)N1. The van der Waals surface area contributed by atoms with E-state index in [-0.39, 0.29) is 30.3 Å². The lowest BCUT2D eigenvalue weighted by Crippen LogP contribution is -2.42. The molecule has 0 aliphatic carbocycles. The molecule has 21 heavy (non-hydrogen) atoms. The standard InChI is InChI=1S/C14H15F3N2O2/c15-14(16,17)10-4-2-1-3-9(10)7-8-18-13(21)11-5-6-12(20)19-11/h1-4,11H,5-8H2,(H,18,21)(H,19,20). The van der Waals surface area contributed by atoms with Gasteiger partial charge < -0.3 is 10.6 Å². The first-order valence-electron chi connectivity index (χ1n) is 6.60. The average molecular weight is 300 g/mol. The van der Waals surface area contributed by atoms with Gasteiger partial charge in [0.05, 0.1) is 5.56 Å². The molecule has 2 amide bonds. The van der Waals surface area contributed by atoms with Gasteiger partial charge in [0.15, 0.2) is 0 Å². The minimum Gasteiger partial charge on any atom is -0.354 e. The Morgan fingerprint density at radius 3 is 2.67 bits per heavy atom. The fourth-order valence-electron chi connectivity index (χ4n) is 2.27. The third-order valence-electron chi connectivity index (χ3n) is 3.33. The minimum absolute atomic E-state index is 0.0854. The van der Waals surface area contributed by atoms with Crippen molar-refractivity contribution in [2.45, 2.75) is 31.5 Å². The number of carbonyl (C=O) groups excluding carboxylic acids is 2. The topological polar surface area (TPSA) is 58.2 Å². The molecule has 1 atom stereocenters. The van der Waals surface area contributed by atoms with Crippen molar-refractivity contribution in [1.29, 1.82) is 0 Å². The molecule has 1 saturated heterocycles. The van der Waals surface area contributed by atoms with Gasteiger partial charge in [0.2, 0.25) is 11.8 Å². The Kier molecular flexibility index (Phi) is 4.50. The molecule has 0 saturated carbocycles. The Hall–Kier alpha value is -2.05. The van der Waals surface area contributed by atoms with Crippen molar-refractivity contribution in [1.82, 2.24) is 10.6 Å². The van der Waals surface area contributed by atoms with Crippen molar-refractivity contribution in [3.8, 4) is 0 Å². The number of hydrogen-bond acceptors (Lipinski definition) is 2. The first-order valence-corrected chi connectivity index (χ1v) is 6.60. The molecule has 2 rings (SSSR count). The van der Waals surface area contributed by atoms with Crippen LogP contribution in [-0.2, 0) is 22.2 Å². The maximum atomic E-state index is 12.8. The summed E-state index contributed by atoms with van der Waals surface area (Å²) < 4.78 is 38.4. The van der Waals surface area contributed by atoms with E-state index >= 15 is 0 Å². The van der Waals surface area contributed by atoms with Crippen LogP contribution in [0.2, 0.25) is 0 Å². The summed E-state index contributed by atoms with van der Waals surface area (Å²) in [7, 11) is 0. The Bertz CT molecular complexity index is 543. The van der Waals surface area contributed by atoms with Crippen LogP contribution in [0.5, 0.6) is 0 Å². The van der Waals surface area contributed by atoms with E-state index < -0.39 is 17.8 Å². The van der Waals surface area contributed by atoms with Crippen LogP contribution in [0.1, 0.15) is 24.0 Å². The summed E-state index contributed by atoms with van der Waals surface area (Å²) >= 11 is 0. The Morgan fingerprint density at radius 1 is 1.33 bits per heavy atom. The molecule has 1 fully saturated rings. The van der Waals surface area contributed by atoms with Crippen molar-refractivity contribution in [3.05, 3.63) is 35.4 Å². The van der Waals surface area contributed by atoms with Crippen LogP contribution < -0.4 is 10.6 Å². The molecular weight excluding hydrogens is 285 g/mol. The highest BCUT2D eigenvalue weighted by molar-refractivity contribution is 5.90. The highest BCUT2D eigenvalue weighted by Crippen LogP contribution is 2.31. The molecule has 0 radical (unpaired) electrons. The number of nitrogens with one attached hydrogen (secondary N) is 2. The number of carbonyl (C=O) groups is 2. The summed E-state index contributed by atoms with van der Waals surface area (Å²) in [5, 5.41) is 5.06. The minimum atomic E-state index is -4.40. The Morgan fingerprint density at radius 2 is 2.05 bits per heavy atom. The predicted molar refractivity (Wildman–Crippen MR) is 69.3 cm³/mol. The van der Waals surface area contributed by atoms with Crippen LogP contribution in [0.4, 0.5) is 13.2 Å². The second-order valence-electron chi connectivity index (χ2n) is 4.85. The molecule has 2 N–H and O–H groups in total. The van der Waals surface area contributed by atoms with Gasteiger partial charge in [-0.3, -0.25) is 9.59 Å². The fourth-order valence-corrected chi connectivity index (χ4v) is 2.27. The summed E-state index contributed by atoms with van der Waals surface area (Å²) in [6, 6.07) is 4.71. The normalized spacial score (nSPS) is 18.4. The molecule has 1 heterocycles. The van der Waals surface area contributed by atoms with Gasteiger partial charge in [-0.1, -0.05) is 18.2 Å². The summed E-state index contributed by atoms with van der Waals surface area (Å²) in [6.07, 6.45) is -3.60. The van der Waals surface area contributed by atoms with Crippen molar-refractivity contribution in [3.63, 3.8) is 0 Å². The van der Waals surface area contributed by atoms with Crippen LogP contribution in [0.3, 0.4) is 0 Å². The van der Waals surface area contributed by atoms with E-state index in [1.807, 2.05) is 0 Å². The second kappa shape index (κ2) is 6.15. The number of rotatable bonds is 4. The summed E-state index contributed by atoms with van der Waals surface area (Å²) in [5.74, 6) is -0.539. The molecule has 0 bridgehead atoms. The predicted octanol–water partition coefficient (Wildman–Crippen LogP) is 1.64. The number of halogens is 3.